The number of ether oxygens (including phenoxy) is 1. The summed E-state index contributed by atoms with van der Waals surface area (Å²) in [5, 5.41) is 26.4. The van der Waals surface area contributed by atoms with Crippen molar-refractivity contribution >= 4 is 17.1 Å². The molecule has 3 heterocycles. The zero-order valence-corrected chi connectivity index (χ0v) is 14.4. The molecule has 146 valence electrons. The number of aromatic amines is 1. The number of hydrogen-bond donors (Lipinski definition) is 5. The highest BCUT2D eigenvalue weighted by Gasteiger charge is 2.64. The molecule has 1 saturated heterocycles. The second-order valence-corrected chi connectivity index (χ2v) is 6.31. The van der Waals surface area contributed by atoms with E-state index in [0.717, 1.165) is 17.8 Å². The van der Waals surface area contributed by atoms with Gasteiger partial charge in [0.05, 0.1) is 12.9 Å². The molecule has 0 aliphatic carbocycles. The average molecular weight is 385 g/mol. The Morgan fingerprint density at radius 2 is 2.48 bits per heavy atom. The Hall–Kier alpha value is -2.73. The van der Waals surface area contributed by atoms with E-state index in [1.165, 1.54) is 0 Å². The van der Waals surface area contributed by atoms with E-state index < -0.39 is 42.3 Å². The van der Waals surface area contributed by atoms with Crippen LogP contribution in [0.3, 0.4) is 0 Å². The summed E-state index contributed by atoms with van der Waals surface area (Å²) in [6.45, 7) is 0.135. The van der Waals surface area contributed by atoms with Crippen molar-refractivity contribution in [1.29, 1.82) is 5.53 Å². The first-order valence-corrected chi connectivity index (χ1v) is 7.99. The van der Waals surface area contributed by atoms with Gasteiger partial charge in [-0.1, -0.05) is 0 Å². The van der Waals surface area contributed by atoms with Gasteiger partial charge >= 0.3 is 0 Å². The summed E-state index contributed by atoms with van der Waals surface area (Å²) in [7, 11) is 0. The molecule has 5 N–H and O–H groups in total. The van der Waals surface area contributed by atoms with E-state index >= 15 is 4.39 Å². The van der Waals surface area contributed by atoms with Crippen LogP contribution >= 0.6 is 0 Å². The summed E-state index contributed by atoms with van der Waals surface area (Å²) in [5.41, 5.74) is 1.86. The lowest BCUT2D eigenvalue weighted by molar-refractivity contribution is -0.122. The highest BCUT2D eigenvalue weighted by atomic mass is 19.1. The van der Waals surface area contributed by atoms with Crippen LogP contribution in [0.4, 0.5) is 10.3 Å². The molecule has 0 aromatic carbocycles. The van der Waals surface area contributed by atoms with Crippen LogP contribution in [0.25, 0.3) is 11.2 Å². The maximum atomic E-state index is 15.5. The highest BCUT2D eigenvalue weighted by molar-refractivity contribution is 5.71. The fourth-order valence-electron chi connectivity index (χ4n) is 3.13. The molecule has 1 aliphatic rings. The molecule has 3 rings (SSSR count). The maximum Gasteiger partial charge on any atom is 0.280 e. The van der Waals surface area contributed by atoms with E-state index in [-0.39, 0.29) is 30.6 Å². The summed E-state index contributed by atoms with van der Waals surface area (Å²) < 4.78 is 29.4. The molecular formula is C14H20FN8O4+. The van der Waals surface area contributed by atoms with E-state index in [1.807, 2.05) is 0 Å². The molecule has 0 spiro atoms. The van der Waals surface area contributed by atoms with E-state index in [1.54, 1.807) is 0 Å². The van der Waals surface area contributed by atoms with Gasteiger partial charge in [-0.05, 0) is 13.8 Å². The van der Waals surface area contributed by atoms with E-state index in [9.17, 15) is 15.0 Å². The molecule has 2 aromatic heterocycles. The van der Waals surface area contributed by atoms with Gasteiger partial charge in [-0.25, -0.2) is 9.37 Å². The Labute approximate surface area is 153 Å². The van der Waals surface area contributed by atoms with Crippen LogP contribution in [0.15, 0.2) is 16.2 Å². The molecule has 0 radical (unpaired) electrons. The fourth-order valence-corrected chi connectivity index (χ4v) is 3.13. The number of aliphatic hydroxyl groups is 2. The SMILES string of the molecule is [3H]CCNc1nc2c(ncn2[C@@H]2O[C@@](CO)(CN=[N+]=N)[C@@H](O)[C@@]2(C)F)c(=O)[nH]1. The lowest BCUT2D eigenvalue weighted by atomic mass is 9.89. The van der Waals surface area contributed by atoms with Crippen LogP contribution in [0, 0.1) is 5.53 Å². The maximum absolute atomic E-state index is 15.5. The first-order chi connectivity index (χ1) is 13.3. The van der Waals surface area contributed by atoms with Crippen molar-refractivity contribution in [3.63, 3.8) is 0 Å². The number of anilines is 1. The van der Waals surface area contributed by atoms with Crippen molar-refractivity contribution in [1.82, 2.24) is 24.4 Å². The summed E-state index contributed by atoms with van der Waals surface area (Å²) >= 11 is 0. The fraction of sp³-hybridized carbons (Fsp3) is 0.643. The highest BCUT2D eigenvalue weighted by Crippen LogP contribution is 2.47. The lowest BCUT2D eigenvalue weighted by Gasteiger charge is -2.27. The number of nitrogens with zero attached hydrogens (tertiary/aromatic N) is 5. The van der Waals surface area contributed by atoms with Crippen molar-refractivity contribution in [3.8, 4) is 0 Å². The normalized spacial score (nSPS) is 30.9. The number of aromatic nitrogens is 4. The predicted molar refractivity (Wildman–Crippen MR) is 89.9 cm³/mol. The zero-order valence-electron chi connectivity index (χ0n) is 15.4. The summed E-state index contributed by atoms with van der Waals surface area (Å²) in [5.74, 6) is 0.0713. The number of alkyl halides is 1. The first-order valence-electron chi connectivity index (χ1n) is 8.70. The third-order valence-corrected chi connectivity index (χ3v) is 4.52. The Kier molecular flexibility index (Phi) is 4.44. The molecule has 0 bridgehead atoms. The van der Waals surface area contributed by atoms with Gasteiger partial charge in [0.2, 0.25) is 10.9 Å². The molecule has 0 saturated carbocycles. The Bertz CT molecular complexity index is 974. The molecule has 1 fully saturated rings. The van der Waals surface area contributed by atoms with Gasteiger partial charge in [0.25, 0.3) is 5.56 Å². The van der Waals surface area contributed by atoms with Gasteiger partial charge < -0.3 is 20.3 Å². The molecule has 0 amide bonds. The van der Waals surface area contributed by atoms with Gasteiger partial charge in [-0.2, -0.15) is 4.98 Å². The molecule has 2 aromatic rings. The van der Waals surface area contributed by atoms with Crippen LogP contribution in [0.5, 0.6) is 0 Å². The zero-order chi connectivity index (χ0) is 20.5. The molecule has 13 heteroatoms. The molecular weight excluding hydrogens is 363 g/mol. The Balaban J connectivity index is 2.09. The van der Waals surface area contributed by atoms with Crippen molar-refractivity contribution in [3.05, 3.63) is 16.7 Å². The summed E-state index contributed by atoms with van der Waals surface area (Å²) in [6, 6.07) is 0. The van der Waals surface area contributed by atoms with Gasteiger partial charge in [-0.3, -0.25) is 14.3 Å². The molecule has 1 aliphatic heterocycles. The monoisotopic (exact) mass is 385 g/mol. The second kappa shape index (κ2) is 6.78. The molecule has 27 heavy (non-hydrogen) atoms. The first kappa shape index (κ1) is 17.7. The third kappa shape index (κ3) is 2.90. The van der Waals surface area contributed by atoms with Crippen molar-refractivity contribution in [2.45, 2.75) is 37.4 Å². The Morgan fingerprint density at radius 1 is 1.70 bits per heavy atom. The van der Waals surface area contributed by atoms with Crippen molar-refractivity contribution in [2.24, 2.45) is 5.11 Å². The number of H-pyrrole nitrogens is 1. The van der Waals surface area contributed by atoms with Crippen molar-refractivity contribution in [2.75, 3.05) is 25.0 Å². The number of hydrogen-bond acceptors (Lipinski definition) is 9. The van der Waals surface area contributed by atoms with Crippen LogP contribution in [-0.2, 0) is 4.74 Å². The second-order valence-electron chi connectivity index (χ2n) is 6.31. The van der Waals surface area contributed by atoms with Gasteiger partial charge in [0, 0.05) is 7.92 Å². The minimum atomic E-state index is -2.41. The van der Waals surface area contributed by atoms with Crippen LogP contribution < -0.4 is 15.8 Å². The number of halogens is 1. The topological polar surface area (TPSA) is 176 Å². The van der Waals surface area contributed by atoms with Crippen LogP contribution in [-0.4, -0.2) is 66.8 Å². The van der Waals surface area contributed by atoms with Crippen LogP contribution in [0.2, 0.25) is 0 Å². The quantitative estimate of drug-likeness (QED) is 0.327. The largest absolute Gasteiger partial charge is 0.393 e. The van der Waals surface area contributed by atoms with E-state index in [2.05, 4.69) is 30.3 Å². The predicted octanol–water partition coefficient (Wildman–Crippen LogP) is -0.549. The minimum absolute atomic E-state index is 0.00633. The van der Waals surface area contributed by atoms with Gasteiger partial charge in [0.15, 0.2) is 29.6 Å². The molecule has 12 nitrogen and oxygen atoms in total. The van der Waals surface area contributed by atoms with Crippen LogP contribution in [0.1, 0.15) is 21.4 Å². The minimum Gasteiger partial charge on any atom is -0.393 e. The summed E-state index contributed by atoms with van der Waals surface area (Å²) in [4.78, 5) is 25.6. The van der Waals surface area contributed by atoms with E-state index in [0.29, 0.717) is 0 Å². The van der Waals surface area contributed by atoms with Gasteiger partial charge in [0.1, 0.15) is 22.4 Å². The van der Waals surface area contributed by atoms with Crippen molar-refractivity contribution < 1.29 is 20.7 Å². The molecule has 4 atom stereocenters. The Morgan fingerprint density at radius 3 is 3.15 bits per heavy atom. The lowest BCUT2D eigenvalue weighted by Crippen LogP contribution is -2.51. The molecule has 0 unspecified atom stereocenters. The number of aliphatic hydroxyl groups excluding tert-OH is 2. The van der Waals surface area contributed by atoms with Gasteiger partial charge in [-0.15, -0.1) is 0 Å². The number of imidazole rings is 1. The van der Waals surface area contributed by atoms with E-state index in [4.69, 9.17) is 11.6 Å². The number of nitrogens with one attached hydrogen (secondary N) is 3. The smallest absolute Gasteiger partial charge is 0.280 e. The standard InChI is InChI=1S/C14H19FN8O4/c1-3-17-12-20-8-7(9(25)21-12)18-6-23(8)11-13(2,15)10(26)14(5-24,27-11)4-19-22-16/h6,10-11,16,24,26H,3-5H2,1-2H3,(H-,17,20,21,25)/p+1/t10-,11+,13+,14+/m0/s1/i1T. The summed E-state index contributed by atoms with van der Waals surface area (Å²) in [6.07, 6.45) is -2.14. The number of fused-ring (bicyclic) bond motifs is 1. The number of rotatable bonds is 6. The average Bonchev–Trinajstić information content (AvgIpc) is 3.17. The third-order valence-electron chi connectivity index (χ3n) is 4.52.